The van der Waals surface area contributed by atoms with Crippen molar-refractivity contribution >= 4 is 27.3 Å². The lowest BCUT2D eigenvalue weighted by molar-refractivity contribution is -0.139. The van der Waals surface area contributed by atoms with Crippen LogP contribution < -0.4 is 4.74 Å². The van der Waals surface area contributed by atoms with Gasteiger partial charge in [-0.3, -0.25) is 9.80 Å². The molecule has 2 aliphatic heterocycles. The number of ether oxygens (including phenoxy) is 1. The number of aliphatic hydroxyl groups excluding tert-OH is 1. The maximum Gasteiger partial charge on any atom is 0.416 e. The Morgan fingerprint density at radius 2 is 2.03 bits per heavy atom. The predicted molar refractivity (Wildman–Crippen MR) is 141 cm³/mol. The largest absolute Gasteiger partial charge is 0.491 e. The Labute approximate surface area is 223 Å². The van der Waals surface area contributed by atoms with E-state index in [0.717, 1.165) is 46.6 Å². The van der Waals surface area contributed by atoms with Gasteiger partial charge in [-0.2, -0.15) is 13.2 Å². The van der Waals surface area contributed by atoms with E-state index in [-0.39, 0.29) is 18.2 Å². The number of benzene rings is 2. The van der Waals surface area contributed by atoms with Crippen LogP contribution in [0.1, 0.15) is 35.6 Å². The number of aromatic nitrogens is 1. The molecule has 5 rings (SSSR count). The number of aliphatic hydroxyl groups is 1. The van der Waals surface area contributed by atoms with Crippen LogP contribution in [-0.4, -0.2) is 77.1 Å². The first-order valence-corrected chi connectivity index (χ1v) is 13.5. The summed E-state index contributed by atoms with van der Waals surface area (Å²) in [5.41, 5.74) is 1.09. The van der Waals surface area contributed by atoms with Crippen LogP contribution in [0.5, 0.6) is 5.75 Å². The van der Waals surface area contributed by atoms with Crippen LogP contribution in [0, 0.1) is 6.92 Å². The Kier molecular flexibility index (Phi) is 7.90. The second-order valence-corrected chi connectivity index (χ2v) is 11.2. The first-order chi connectivity index (χ1) is 18.2. The van der Waals surface area contributed by atoms with E-state index in [1.165, 1.54) is 12.1 Å². The van der Waals surface area contributed by atoms with Gasteiger partial charge >= 0.3 is 6.18 Å². The summed E-state index contributed by atoms with van der Waals surface area (Å²) in [4.78, 5) is 14.4. The van der Waals surface area contributed by atoms with Crippen molar-refractivity contribution in [2.24, 2.45) is 5.16 Å². The Bertz CT molecular complexity index is 1300. The number of oxime groups is 1. The molecule has 3 unspecified atom stereocenters. The molecule has 0 amide bonds. The van der Waals surface area contributed by atoms with Crippen LogP contribution in [0.15, 0.2) is 47.6 Å². The molecule has 3 heterocycles. The summed E-state index contributed by atoms with van der Waals surface area (Å²) < 4.78 is 47.1. The average molecular weight is 549 g/mol. The van der Waals surface area contributed by atoms with E-state index in [1.54, 1.807) is 17.4 Å². The molecule has 1 saturated heterocycles. The minimum absolute atomic E-state index is 0.120. The number of thiazole rings is 1. The van der Waals surface area contributed by atoms with Crippen molar-refractivity contribution < 1.29 is 27.9 Å². The van der Waals surface area contributed by atoms with Crippen LogP contribution in [0.4, 0.5) is 13.2 Å². The lowest BCUT2D eigenvalue weighted by Crippen LogP contribution is -2.54. The molecule has 3 aromatic rings. The van der Waals surface area contributed by atoms with E-state index < -0.39 is 23.9 Å². The van der Waals surface area contributed by atoms with Gasteiger partial charge in [0.05, 0.1) is 26.5 Å². The fourth-order valence-corrected chi connectivity index (χ4v) is 5.90. The molecule has 0 saturated carbocycles. The highest BCUT2D eigenvalue weighted by atomic mass is 32.1. The summed E-state index contributed by atoms with van der Waals surface area (Å²) >= 11 is 1.64. The molecule has 2 aromatic carbocycles. The quantitative estimate of drug-likeness (QED) is 0.433. The molecule has 204 valence electrons. The number of halogens is 3. The number of rotatable bonds is 8. The standard InChI is InChI=1S/C27H31F3N4O3S/c1-17-13-33(14-19-11-25(37-32-19)22-5-3-4-6-23(22)27(28,29)30)9-10-34(17)15-20(35)16-36-21-7-8-26-24(12-21)31-18(2)38-26/h3-8,12,17,20,25,35H,9-11,13-16H2,1-2H3. The monoisotopic (exact) mass is 548 g/mol. The molecule has 0 radical (unpaired) electrons. The Morgan fingerprint density at radius 3 is 2.82 bits per heavy atom. The molecule has 1 aromatic heterocycles. The first kappa shape index (κ1) is 26.9. The van der Waals surface area contributed by atoms with Crippen molar-refractivity contribution in [3.05, 3.63) is 58.6 Å². The third-order valence-corrected chi connectivity index (χ3v) is 7.90. The van der Waals surface area contributed by atoms with Crippen molar-refractivity contribution in [1.82, 2.24) is 14.8 Å². The number of β-amino-alcohol motifs (C(OH)–C–C–N with tert-alkyl or cyclic N) is 1. The number of hydrogen-bond donors (Lipinski definition) is 1. The molecule has 2 aliphatic rings. The third-order valence-electron chi connectivity index (χ3n) is 6.95. The Hall–Kier alpha value is -2.73. The smallest absolute Gasteiger partial charge is 0.416 e. The topological polar surface area (TPSA) is 70.4 Å². The van der Waals surface area contributed by atoms with Crippen molar-refractivity contribution in [2.75, 3.05) is 39.3 Å². The normalized spacial score (nSPS) is 21.9. The van der Waals surface area contributed by atoms with Crippen LogP contribution in [0.3, 0.4) is 0 Å². The van der Waals surface area contributed by atoms with Crippen molar-refractivity contribution in [3.63, 3.8) is 0 Å². The first-order valence-electron chi connectivity index (χ1n) is 12.7. The fraction of sp³-hybridized carbons (Fsp3) is 0.481. The molecular weight excluding hydrogens is 517 g/mol. The van der Waals surface area contributed by atoms with Gasteiger partial charge in [-0.1, -0.05) is 23.4 Å². The highest BCUT2D eigenvalue weighted by Gasteiger charge is 2.37. The lowest BCUT2D eigenvalue weighted by atomic mass is 9.98. The molecule has 3 atom stereocenters. The number of piperazine rings is 1. The molecule has 11 heteroatoms. The predicted octanol–water partition coefficient (Wildman–Crippen LogP) is 4.89. The number of hydrogen-bond acceptors (Lipinski definition) is 8. The van der Waals surface area contributed by atoms with Gasteiger partial charge in [0, 0.05) is 56.8 Å². The Balaban J connectivity index is 1.08. The van der Waals surface area contributed by atoms with Gasteiger partial charge in [0.2, 0.25) is 0 Å². The summed E-state index contributed by atoms with van der Waals surface area (Å²) in [6, 6.07) is 11.5. The van der Waals surface area contributed by atoms with E-state index in [1.807, 2.05) is 25.1 Å². The van der Waals surface area contributed by atoms with Gasteiger partial charge in [-0.25, -0.2) is 4.98 Å². The molecule has 0 bridgehead atoms. The molecule has 1 fully saturated rings. The zero-order chi connectivity index (χ0) is 26.9. The summed E-state index contributed by atoms with van der Waals surface area (Å²) in [6.07, 6.45) is -5.46. The Morgan fingerprint density at radius 1 is 1.21 bits per heavy atom. The van der Waals surface area contributed by atoms with Gasteiger partial charge in [-0.05, 0) is 32.0 Å². The van der Waals surface area contributed by atoms with Gasteiger partial charge in [0.1, 0.15) is 18.5 Å². The fourth-order valence-electron chi connectivity index (χ4n) is 5.09. The van der Waals surface area contributed by atoms with Gasteiger partial charge in [-0.15, -0.1) is 11.3 Å². The summed E-state index contributed by atoms with van der Waals surface area (Å²) in [5, 5.41) is 15.7. The second kappa shape index (κ2) is 11.2. The molecule has 1 N–H and O–H groups in total. The molecule has 38 heavy (non-hydrogen) atoms. The number of alkyl halides is 3. The molecule has 0 aliphatic carbocycles. The molecular formula is C27H31F3N4O3S. The summed E-state index contributed by atoms with van der Waals surface area (Å²) in [5.74, 6) is 0.690. The highest BCUT2D eigenvalue weighted by molar-refractivity contribution is 7.18. The van der Waals surface area contributed by atoms with Crippen molar-refractivity contribution in [2.45, 2.75) is 44.7 Å². The average Bonchev–Trinajstić information content (AvgIpc) is 3.49. The van der Waals surface area contributed by atoms with E-state index in [9.17, 15) is 18.3 Å². The van der Waals surface area contributed by atoms with E-state index in [0.29, 0.717) is 25.3 Å². The minimum Gasteiger partial charge on any atom is -0.491 e. The van der Waals surface area contributed by atoms with Crippen LogP contribution in [-0.2, 0) is 11.0 Å². The maximum atomic E-state index is 13.4. The second-order valence-electron chi connectivity index (χ2n) is 9.95. The molecule has 7 nitrogen and oxygen atoms in total. The van der Waals surface area contributed by atoms with Crippen LogP contribution in [0.25, 0.3) is 10.2 Å². The zero-order valence-electron chi connectivity index (χ0n) is 21.3. The minimum atomic E-state index is -4.43. The summed E-state index contributed by atoms with van der Waals surface area (Å²) in [7, 11) is 0. The zero-order valence-corrected chi connectivity index (χ0v) is 22.1. The number of aryl methyl sites for hydroxylation is 1. The number of nitrogens with zero attached hydrogens (tertiary/aromatic N) is 4. The van der Waals surface area contributed by atoms with Gasteiger partial charge < -0.3 is 14.7 Å². The third kappa shape index (κ3) is 6.28. The van der Waals surface area contributed by atoms with Crippen molar-refractivity contribution in [3.8, 4) is 5.75 Å². The number of fused-ring (bicyclic) bond motifs is 1. The maximum absolute atomic E-state index is 13.4. The van der Waals surface area contributed by atoms with E-state index >= 15 is 0 Å². The van der Waals surface area contributed by atoms with E-state index in [2.05, 4.69) is 26.9 Å². The van der Waals surface area contributed by atoms with Gasteiger partial charge in [0.25, 0.3) is 0 Å². The van der Waals surface area contributed by atoms with Crippen molar-refractivity contribution in [1.29, 1.82) is 0 Å². The van der Waals surface area contributed by atoms with Crippen LogP contribution >= 0.6 is 11.3 Å². The molecule has 0 spiro atoms. The highest BCUT2D eigenvalue weighted by Crippen LogP contribution is 2.38. The van der Waals surface area contributed by atoms with E-state index in [4.69, 9.17) is 9.57 Å². The lowest BCUT2D eigenvalue weighted by Gasteiger charge is -2.40. The van der Waals surface area contributed by atoms with Gasteiger partial charge in [0.15, 0.2) is 6.10 Å². The van der Waals surface area contributed by atoms with Crippen LogP contribution in [0.2, 0.25) is 0 Å². The SMILES string of the molecule is Cc1nc2cc(OCC(O)CN3CCN(CC4=NOC(c5ccccc5C(F)(F)F)C4)CC3C)ccc2s1. The summed E-state index contributed by atoms with van der Waals surface area (Å²) in [6.45, 7) is 7.59.